The number of nitrogens with zero attached hydrogens (tertiary/aromatic N) is 1. The van der Waals surface area contributed by atoms with E-state index in [9.17, 15) is 4.79 Å². The van der Waals surface area contributed by atoms with E-state index in [2.05, 4.69) is 47.0 Å². The van der Waals surface area contributed by atoms with Gasteiger partial charge in [-0.1, -0.05) is 20.8 Å². The number of halogens is 1. The van der Waals surface area contributed by atoms with Crippen LogP contribution in [0.5, 0.6) is 0 Å². The van der Waals surface area contributed by atoms with E-state index in [0.717, 1.165) is 10.9 Å². The van der Waals surface area contributed by atoms with Crippen molar-refractivity contribution in [1.29, 1.82) is 0 Å². The number of hydrogen-bond donors (Lipinski definition) is 1. The Morgan fingerprint density at radius 2 is 1.89 bits per heavy atom. The van der Waals surface area contributed by atoms with Crippen molar-refractivity contribution in [2.24, 2.45) is 5.41 Å². The largest absolute Gasteiger partial charge is 0.346 e. The van der Waals surface area contributed by atoms with E-state index >= 15 is 0 Å². The Morgan fingerprint density at radius 3 is 2.33 bits per heavy atom. The van der Waals surface area contributed by atoms with Crippen LogP contribution in [0.1, 0.15) is 51.5 Å². The molecule has 1 heterocycles. The Labute approximate surface area is 118 Å². The third-order valence-corrected chi connectivity index (χ3v) is 2.85. The van der Waals surface area contributed by atoms with Gasteiger partial charge >= 0.3 is 0 Å². The molecule has 0 aliphatic heterocycles. The van der Waals surface area contributed by atoms with Crippen LogP contribution < -0.4 is 5.32 Å². The van der Waals surface area contributed by atoms with Crippen LogP contribution in [0.2, 0.25) is 0 Å². The summed E-state index contributed by atoms with van der Waals surface area (Å²) in [7, 11) is 0. The average molecular weight is 313 g/mol. The maximum Gasteiger partial charge on any atom is 0.270 e. The Balaban J connectivity index is 2.72. The maximum absolute atomic E-state index is 12.1. The fourth-order valence-electron chi connectivity index (χ4n) is 2.25. The molecule has 1 rings (SSSR count). The molecule has 0 aliphatic carbocycles. The molecule has 100 valence electrons. The zero-order chi connectivity index (χ0) is 14.0. The lowest BCUT2D eigenvalue weighted by Gasteiger charge is -2.33. The normalized spacial score (nSPS) is 12.3. The molecule has 0 aliphatic rings. The van der Waals surface area contributed by atoms with E-state index in [1.165, 1.54) is 0 Å². The van der Waals surface area contributed by atoms with Gasteiger partial charge in [-0.2, -0.15) is 0 Å². The Bertz CT molecular complexity index is 418. The number of carbonyl (C=O) groups is 1. The van der Waals surface area contributed by atoms with E-state index in [-0.39, 0.29) is 16.9 Å². The van der Waals surface area contributed by atoms with Crippen molar-refractivity contribution in [1.82, 2.24) is 10.3 Å². The van der Waals surface area contributed by atoms with Gasteiger partial charge in [0.15, 0.2) is 0 Å². The molecule has 0 radical (unpaired) electrons. The molecule has 0 aromatic carbocycles. The van der Waals surface area contributed by atoms with Crippen molar-refractivity contribution in [2.75, 3.05) is 0 Å². The highest BCUT2D eigenvalue weighted by Gasteiger charge is 2.27. The number of hydrogen-bond acceptors (Lipinski definition) is 2. The molecule has 4 heteroatoms. The molecule has 0 atom stereocenters. The molecule has 0 saturated carbocycles. The van der Waals surface area contributed by atoms with Crippen molar-refractivity contribution in [3.63, 3.8) is 0 Å². The summed E-state index contributed by atoms with van der Waals surface area (Å²) in [5.74, 6) is -0.128. The van der Waals surface area contributed by atoms with Gasteiger partial charge in [-0.05, 0) is 53.7 Å². The zero-order valence-corrected chi connectivity index (χ0v) is 13.3. The van der Waals surface area contributed by atoms with Gasteiger partial charge in [0.1, 0.15) is 5.69 Å². The first-order valence-electron chi connectivity index (χ1n) is 6.03. The average Bonchev–Trinajstić information content (AvgIpc) is 2.13. The van der Waals surface area contributed by atoms with E-state index in [1.807, 2.05) is 19.9 Å². The standard InChI is InChI=1S/C14H21BrN2O/c1-13(2,3)9-14(4,5)17-12(18)11-7-6-10(15)8-16-11/h6-8H,9H2,1-5H3,(H,17,18). The summed E-state index contributed by atoms with van der Waals surface area (Å²) in [5, 5.41) is 3.03. The van der Waals surface area contributed by atoms with Crippen molar-refractivity contribution in [3.05, 3.63) is 28.5 Å². The molecular weight excluding hydrogens is 292 g/mol. The van der Waals surface area contributed by atoms with Crippen LogP contribution in [0.4, 0.5) is 0 Å². The lowest BCUT2D eigenvalue weighted by atomic mass is 9.82. The van der Waals surface area contributed by atoms with Gasteiger partial charge in [-0.15, -0.1) is 0 Å². The van der Waals surface area contributed by atoms with E-state index < -0.39 is 0 Å². The quantitative estimate of drug-likeness (QED) is 0.922. The minimum Gasteiger partial charge on any atom is -0.346 e. The maximum atomic E-state index is 12.1. The smallest absolute Gasteiger partial charge is 0.270 e. The highest BCUT2D eigenvalue weighted by Crippen LogP contribution is 2.26. The van der Waals surface area contributed by atoms with Crippen LogP contribution in [0.15, 0.2) is 22.8 Å². The monoisotopic (exact) mass is 312 g/mol. The van der Waals surface area contributed by atoms with Crippen LogP contribution in [0.3, 0.4) is 0 Å². The Morgan fingerprint density at radius 1 is 1.28 bits per heavy atom. The molecule has 1 aromatic rings. The minimum atomic E-state index is -0.246. The Kier molecular flexibility index (Phi) is 4.54. The number of rotatable bonds is 3. The van der Waals surface area contributed by atoms with Gasteiger partial charge in [0.2, 0.25) is 0 Å². The van der Waals surface area contributed by atoms with Crippen LogP contribution in [-0.2, 0) is 0 Å². The molecule has 1 N–H and O–H groups in total. The number of pyridine rings is 1. The molecule has 18 heavy (non-hydrogen) atoms. The predicted molar refractivity (Wildman–Crippen MR) is 77.6 cm³/mol. The molecule has 0 bridgehead atoms. The summed E-state index contributed by atoms with van der Waals surface area (Å²) in [6.07, 6.45) is 2.54. The van der Waals surface area contributed by atoms with E-state index in [0.29, 0.717) is 5.69 Å². The number of amides is 1. The van der Waals surface area contributed by atoms with Gasteiger partial charge in [-0.25, -0.2) is 4.98 Å². The summed E-state index contributed by atoms with van der Waals surface area (Å²) in [4.78, 5) is 16.2. The first-order valence-corrected chi connectivity index (χ1v) is 6.82. The van der Waals surface area contributed by atoms with Crippen LogP contribution in [0.25, 0.3) is 0 Å². The fourth-order valence-corrected chi connectivity index (χ4v) is 2.49. The second-order valence-electron chi connectivity index (χ2n) is 6.44. The van der Waals surface area contributed by atoms with Gasteiger partial charge in [0, 0.05) is 16.2 Å². The third-order valence-electron chi connectivity index (χ3n) is 2.38. The highest BCUT2D eigenvalue weighted by atomic mass is 79.9. The molecule has 0 spiro atoms. The number of aromatic nitrogens is 1. The molecule has 1 aromatic heterocycles. The third kappa shape index (κ3) is 5.17. The molecule has 0 unspecified atom stereocenters. The van der Waals surface area contributed by atoms with Crippen molar-refractivity contribution in [3.8, 4) is 0 Å². The van der Waals surface area contributed by atoms with Gasteiger partial charge in [0.25, 0.3) is 5.91 Å². The molecular formula is C14H21BrN2O. The lowest BCUT2D eigenvalue weighted by molar-refractivity contribution is 0.0886. The topological polar surface area (TPSA) is 42.0 Å². The Hall–Kier alpha value is -0.900. The highest BCUT2D eigenvalue weighted by molar-refractivity contribution is 9.10. The predicted octanol–water partition coefficient (Wildman–Crippen LogP) is 3.79. The van der Waals surface area contributed by atoms with Crippen molar-refractivity contribution < 1.29 is 4.79 Å². The molecule has 0 saturated heterocycles. The van der Waals surface area contributed by atoms with Crippen molar-refractivity contribution >= 4 is 21.8 Å². The second kappa shape index (κ2) is 5.39. The summed E-state index contributed by atoms with van der Waals surface area (Å²) in [6.45, 7) is 10.6. The second-order valence-corrected chi connectivity index (χ2v) is 7.35. The van der Waals surface area contributed by atoms with Gasteiger partial charge in [0.05, 0.1) is 0 Å². The summed E-state index contributed by atoms with van der Waals surface area (Å²) < 4.78 is 0.869. The molecule has 3 nitrogen and oxygen atoms in total. The molecule has 1 amide bonds. The fraction of sp³-hybridized carbons (Fsp3) is 0.571. The summed E-state index contributed by atoms with van der Waals surface area (Å²) >= 11 is 3.30. The van der Waals surface area contributed by atoms with Gasteiger partial charge < -0.3 is 5.32 Å². The van der Waals surface area contributed by atoms with Gasteiger partial charge in [-0.3, -0.25) is 4.79 Å². The van der Waals surface area contributed by atoms with E-state index in [4.69, 9.17) is 0 Å². The van der Waals surface area contributed by atoms with Crippen LogP contribution in [0, 0.1) is 5.41 Å². The van der Waals surface area contributed by atoms with E-state index in [1.54, 1.807) is 12.3 Å². The minimum absolute atomic E-state index is 0.128. The first-order chi connectivity index (χ1) is 8.09. The van der Waals surface area contributed by atoms with Crippen molar-refractivity contribution in [2.45, 2.75) is 46.6 Å². The number of carbonyl (C=O) groups excluding carboxylic acids is 1. The first kappa shape index (κ1) is 15.2. The van der Waals surface area contributed by atoms with Crippen LogP contribution in [-0.4, -0.2) is 16.4 Å². The zero-order valence-electron chi connectivity index (χ0n) is 11.7. The number of nitrogens with one attached hydrogen (secondary N) is 1. The summed E-state index contributed by atoms with van der Waals surface area (Å²) in [5.41, 5.74) is 0.369. The SMILES string of the molecule is CC(C)(C)CC(C)(C)NC(=O)c1ccc(Br)cn1. The summed E-state index contributed by atoms with van der Waals surface area (Å²) in [6, 6.07) is 3.53. The molecule has 0 fully saturated rings. The van der Waals surface area contributed by atoms with Crippen LogP contribution >= 0.6 is 15.9 Å². The lowest BCUT2D eigenvalue weighted by Crippen LogP contribution is -2.46.